The Bertz CT molecular complexity index is 819. The second-order valence-electron chi connectivity index (χ2n) is 5.03. The number of carbonyl (C=O) groups is 1. The van der Waals surface area contributed by atoms with E-state index in [9.17, 15) is 9.18 Å². The Kier molecular flexibility index (Phi) is 4.43. The fourth-order valence-corrected chi connectivity index (χ4v) is 2.97. The van der Waals surface area contributed by atoms with Crippen LogP contribution in [0.4, 0.5) is 4.39 Å². The minimum atomic E-state index is -0.529. The standard InChI is InChI=1S/C17H14FN3OS/c1-11-14(10-23-21-11)17(22)20-16(15-7-2-3-8-19-15)12-5-4-6-13(18)9-12/h2-10,16H,1H3,(H,20,22)/t16-/m0/s1. The molecule has 0 bridgehead atoms. The van der Waals surface area contributed by atoms with Crippen LogP contribution < -0.4 is 5.32 Å². The average Bonchev–Trinajstić information content (AvgIpc) is 2.99. The Labute approximate surface area is 137 Å². The molecule has 1 amide bonds. The smallest absolute Gasteiger partial charge is 0.254 e. The number of rotatable bonds is 4. The van der Waals surface area contributed by atoms with E-state index in [0.717, 1.165) is 0 Å². The topological polar surface area (TPSA) is 54.9 Å². The first-order valence-corrected chi connectivity index (χ1v) is 7.87. The van der Waals surface area contributed by atoms with Crippen molar-refractivity contribution in [3.05, 3.63) is 82.4 Å². The Morgan fingerprint density at radius 3 is 2.78 bits per heavy atom. The van der Waals surface area contributed by atoms with Gasteiger partial charge in [0.25, 0.3) is 5.91 Å². The summed E-state index contributed by atoms with van der Waals surface area (Å²) in [5, 5.41) is 4.62. The number of benzene rings is 1. The van der Waals surface area contributed by atoms with Crippen molar-refractivity contribution in [1.82, 2.24) is 14.7 Å². The van der Waals surface area contributed by atoms with Crippen molar-refractivity contribution in [2.45, 2.75) is 13.0 Å². The molecule has 0 spiro atoms. The van der Waals surface area contributed by atoms with Gasteiger partial charge in [-0.1, -0.05) is 18.2 Å². The van der Waals surface area contributed by atoms with Crippen molar-refractivity contribution in [3.63, 3.8) is 0 Å². The fraction of sp³-hybridized carbons (Fsp3) is 0.118. The maximum absolute atomic E-state index is 13.6. The third-order valence-electron chi connectivity index (χ3n) is 3.44. The van der Waals surface area contributed by atoms with Crippen molar-refractivity contribution < 1.29 is 9.18 Å². The molecule has 0 aliphatic rings. The fourth-order valence-electron chi connectivity index (χ4n) is 2.28. The molecule has 6 heteroatoms. The molecule has 3 rings (SSSR count). The van der Waals surface area contributed by atoms with Crippen molar-refractivity contribution in [3.8, 4) is 0 Å². The van der Waals surface area contributed by atoms with E-state index in [1.54, 1.807) is 42.8 Å². The molecule has 0 aliphatic carbocycles. The third kappa shape index (κ3) is 3.43. The first kappa shape index (κ1) is 15.3. The molecule has 1 aromatic carbocycles. The van der Waals surface area contributed by atoms with Crippen molar-refractivity contribution in [1.29, 1.82) is 0 Å². The molecule has 116 valence electrons. The molecule has 3 aromatic rings. The highest BCUT2D eigenvalue weighted by atomic mass is 32.1. The Morgan fingerprint density at radius 2 is 2.13 bits per heavy atom. The monoisotopic (exact) mass is 327 g/mol. The summed E-state index contributed by atoms with van der Waals surface area (Å²) in [5.74, 6) is -0.609. The van der Waals surface area contributed by atoms with Crippen LogP contribution in [0.5, 0.6) is 0 Å². The van der Waals surface area contributed by atoms with Gasteiger partial charge < -0.3 is 5.32 Å². The number of halogens is 1. The van der Waals surface area contributed by atoms with Gasteiger partial charge in [-0.2, -0.15) is 4.37 Å². The molecule has 2 aromatic heterocycles. The minimum Gasteiger partial charge on any atom is -0.339 e. The normalized spacial score (nSPS) is 11.9. The maximum atomic E-state index is 13.6. The van der Waals surface area contributed by atoms with Gasteiger partial charge in [0.05, 0.1) is 23.0 Å². The Hall–Kier alpha value is -2.60. The quantitative estimate of drug-likeness (QED) is 0.798. The van der Waals surface area contributed by atoms with Crippen LogP contribution >= 0.6 is 11.5 Å². The summed E-state index contributed by atoms with van der Waals surface area (Å²) in [6.07, 6.45) is 1.64. The minimum absolute atomic E-state index is 0.254. The zero-order valence-electron chi connectivity index (χ0n) is 12.4. The van der Waals surface area contributed by atoms with Gasteiger partial charge >= 0.3 is 0 Å². The molecule has 0 radical (unpaired) electrons. The molecule has 0 unspecified atom stereocenters. The zero-order valence-corrected chi connectivity index (χ0v) is 13.2. The van der Waals surface area contributed by atoms with Gasteiger partial charge in [-0.15, -0.1) is 0 Å². The van der Waals surface area contributed by atoms with Crippen molar-refractivity contribution in [2.24, 2.45) is 0 Å². The van der Waals surface area contributed by atoms with Gasteiger partial charge in [0.2, 0.25) is 0 Å². The summed E-state index contributed by atoms with van der Waals surface area (Å²) >= 11 is 1.23. The molecule has 0 aliphatic heterocycles. The summed E-state index contributed by atoms with van der Waals surface area (Å²) in [6.45, 7) is 1.78. The summed E-state index contributed by atoms with van der Waals surface area (Å²) in [7, 11) is 0. The van der Waals surface area contributed by atoms with Gasteiger partial charge in [-0.25, -0.2) is 4.39 Å². The van der Waals surface area contributed by atoms with E-state index in [1.807, 2.05) is 6.07 Å². The van der Waals surface area contributed by atoms with E-state index in [1.165, 1.54) is 23.7 Å². The molecule has 23 heavy (non-hydrogen) atoms. The number of aryl methyl sites for hydroxylation is 1. The van der Waals surface area contributed by atoms with E-state index in [2.05, 4.69) is 14.7 Å². The van der Waals surface area contributed by atoms with Gasteiger partial charge in [-0.3, -0.25) is 9.78 Å². The van der Waals surface area contributed by atoms with Crippen molar-refractivity contribution >= 4 is 17.4 Å². The highest BCUT2D eigenvalue weighted by molar-refractivity contribution is 7.03. The molecule has 0 fully saturated rings. The first-order chi connectivity index (χ1) is 11.1. The van der Waals surface area contributed by atoms with E-state index < -0.39 is 6.04 Å². The Morgan fingerprint density at radius 1 is 1.26 bits per heavy atom. The van der Waals surface area contributed by atoms with Crippen LogP contribution in [0.15, 0.2) is 54.0 Å². The number of nitrogens with zero attached hydrogens (tertiary/aromatic N) is 2. The molecular formula is C17H14FN3OS. The summed E-state index contributed by atoms with van der Waals surface area (Å²) in [6, 6.07) is 11.0. The number of amides is 1. The number of carbonyl (C=O) groups excluding carboxylic acids is 1. The van der Waals surface area contributed by atoms with Crippen LogP contribution in [0.25, 0.3) is 0 Å². The molecule has 1 atom stereocenters. The lowest BCUT2D eigenvalue weighted by atomic mass is 10.0. The summed E-state index contributed by atoms with van der Waals surface area (Å²) in [4.78, 5) is 16.8. The van der Waals surface area contributed by atoms with Gasteiger partial charge in [0.1, 0.15) is 5.82 Å². The van der Waals surface area contributed by atoms with E-state index in [4.69, 9.17) is 0 Å². The second kappa shape index (κ2) is 6.66. The number of pyridine rings is 1. The molecule has 2 heterocycles. The van der Waals surface area contributed by atoms with Crippen LogP contribution in [0.3, 0.4) is 0 Å². The van der Waals surface area contributed by atoms with Gasteiger partial charge in [-0.05, 0) is 48.3 Å². The summed E-state index contributed by atoms with van der Waals surface area (Å²) < 4.78 is 17.7. The average molecular weight is 327 g/mol. The van der Waals surface area contributed by atoms with E-state index in [0.29, 0.717) is 22.5 Å². The van der Waals surface area contributed by atoms with Crippen LogP contribution in [0.2, 0.25) is 0 Å². The molecule has 0 saturated heterocycles. The van der Waals surface area contributed by atoms with Crippen LogP contribution in [0, 0.1) is 12.7 Å². The van der Waals surface area contributed by atoms with Crippen molar-refractivity contribution in [2.75, 3.05) is 0 Å². The van der Waals surface area contributed by atoms with Gasteiger partial charge in [0, 0.05) is 11.6 Å². The lowest BCUT2D eigenvalue weighted by molar-refractivity contribution is 0.0942. The highest BCUT2D eigenvalue weighted by Crippen LogP contribution is 2.22. The van der Waals surface area contributed by atoms with Crippen LogP contribution in [0.1, 0.15) is 33.4 Å². The second-order valence-corrected chi connectivity index (χ2v) is 5.66. The molecular weight excluding hydrogens is 313 g/mol. The van der Waals surface area contributed by atoms with Gasteiger partial charge in [0.15, 0.2) is 0 Å². The maximum Gasteiger partial charge on any atom is 0.254 e. The molecule has 0 saturated carbocycles. The third-order valence-corrected chi connectivity index (χ3v) is 4.16. The van der Waals surface area contributed by atoms with Crippen LogP contribution in [-0.4, -0.2) is 15.3 Å². The zero-order chi connectivity index (χ0) is 16.2. The van der Waals surface area contributed by atoms with Crippen LogP contribution in [-0.2, 0) is 0 Å². The number of nitrogens with one attached hydrogen (secondary N) is 1. The Balaban J connectivity index is 1.96. The lowest BCUT2D eigenvalue weighted by Gasteiger charge is -2.19. The molecule has 1 N–H and O–H groups in total. The highest BCUT2D eigenvalue weighted by Gasteiger charge is 2.21. The lowest BCUT2D eigenvalue weighted by Crippen LogP contribution is -2.30. The van der Waals surface area contributed by atoms with E-state index >= 15 is 0 Å². The summed E-state index contributed by atoms with van der Waals surface area (Å²) in [5.41, 5.74) is 2.48. The van der Waals surface area contributed by atoms with E-state index in [-0.39, 0.29) is 11.7 Å². The number of aromatic nitrogens is 2. The molecule has 4 nitrogen and oxygen atoms in total. The number of hydrogen-bond acceptors (Lipinski definition) is 4. The largest absolute Gasteiger partial charge is 0.339 e. The number of hydrogen-bond donors (Lipinski definition) is 1. The predicted molar refractivity (Wildman–Crippen MR) is 86.8 cm³/mol. The first-order valence-electron chi connectivity index (χ1n) is 7.03. The SMILES string of the molecule is Cc1nscc1C(=O)N[C@@H](c1cccc(F)c1)c1ccccn1. The predicted octanol–water partition coefficient (Wildman–Crippen LogP) is 3.51.